The quantitative estimate of drug-likeness (QED) is 0.246. The van der Waals surface area contributed by atoms with Crippen LogP contribution in [0.25, 0.3) is 21.7 Å². The molecule has 1 heterocycles. The van der Waals surface area contributed by atoms with Gasteiger partial charge in [-0.2, -0.15) is 0 Å². The molecule has 0 bridgehead atoms. The first-order valence-electron chi connectivity index (χ1n) is 7.71. The molecule has 4 aromatic rings. The van der Waals surface area contributed by atoms with Crippen LogP contribution in [0, 0.1) is 0 Å². The Morgan fingerprint density at radius 3 is 1.79 bits per heavy atom. The number of hydrogen-bond acceptors (Lipinski definition) is 5. The number of para-hydroxylation sites is 1. The summed E-state index contributed by atoms with van der Waals surface area (Å²) in [4.78, 5) is 14.6. The van der Waals surface area contributed by atoms with Crippen molar-refractivity contribution >= 4 is 27.6 Å². The largest absolute Gasteiger partial charge is 4.00 e. The minimum atomic E-state index is -0.879. The molecule has 0 amide bonds. The average Bonchev–Trinajstić information content (AvgIpc) is 2.70. The number of carboxylic acids is 1. The molecule has 0 aliphatic heterocycles. The Hall–Kier alpha value is -2.34. The second-order valence-electron chi connectivity index (χ2n) is 5.03. The molecule has 8 N–H and O–H groups in total. The van der Waals surface area contributed by atoms with Crippen molar-refractivity contribution in [1.82, 2.24) is 17.3 Å². The van der Waals surface area contributed by atoms with Crippen LogP contribution in [0.2, 0.25) is 0 Å². The maximum atomic E-state index is 10.2. The maximum Gasteiger partial charge on any atom is 4.00 e. The Morgan fingerprint density at radius 2 is 1.24 bits per heavy atom. The van der Waals surface area contributed by atoms with Gasteiger partial charge in [-0.05, 0) is 23.6 Å². The van der Waals surface area contributed by atoms with E-state index in [4.69, 9.17) is 10.2 Å². The summed E-state index contributed by atoms with van der Waals surface area (Å²) in [7, 11) is 1.00. The summed E-state index contributed by atoms with van der Waals surface area (Å²) in [5.74, 6) is -0.879. The zero-order valence-electron chi connectivity index (χ0n) is 15.9. The number of pyridine rings is 1. The van der Waals surface area contributed by atoms with Crippen molar-refractivity contribution in [3.8, 4) is 0 Å². The molecule has 3 aromatic carbocycles. The summed E-state index contributed by atoms with van der Waals surface area (Å²) in [5.41, 5.74) is 1.39. The Labute approximate surface area is 190 Å². The molecule has 0 saturated carbocycles. The Bertz CT molecular complexity index is 918. The van der Waals surface area contributed by atoms with Crippen molar-refractivity contribution in [3.05, 3.63) is 90.6 Å². The van der Waals surface area contributed by atoms with E-state index in [0.717, 1.165) is 12.6 Å². The van der Waals surface area contributed by atoms with Crippen LogP contribution < -0.4 is 24.7 Å². The van der Waals surface area contributed by atoms with Gasteiger partial charge in [-0.1, -0.05) is 60.7 Å². The maximum absolute atomic E-state index is 10.2. The molecule has 6 nitrogen and oxygen atoms in total. The number of aromatic nitrogens is 1. The van der Waals surface area contributed by atoms with Crippen molar-refractivity contribution < 1.29 is 48.5 Å². The number of nitrogens with zero attached hydrogens (tertiary/aromatic N) is 1. The predicted octanol–water partition coefficient (Wildman–Crippen LogP) is 1.71. The first-order valence-corrected chi connectivity index (χ1v) is 7.71. The second-order valence-corrected chi connectivity index (χ2v) is 5.03. The molecular weight excluding hydrogens is 573 g/mol. The van der Waals surface area contributed by atoms with Crippen molar-refractivity contribution in [3.63, 3.8) is 0 Å². The summed E-state index contributed by atoms with van der Waals surface area (Å²) in [6.07, 6.45) is 1.93. The van der Waals surface area contributed by atoms with Crippen LogP contribution in [-0.4, -0.2) is 28.3 Å². The molecule has 156 valence electrons. The molecule has 0 radical (unpaired) electrons. The number of hydrogen-bond donors (Lipinski definition) is 4. The van der Waals surface area contributed by atoms with Crippen LogP contribution in [0.4, 0.5) is 0 Å². The monoisotopic (exact) mass is 597 g/mol. The van der Waals surface area contributed by atoms with Crippen LogP contribution in [0.1, 0.15) is 10.4 Å². The molecule has 0 spiro atoms. The van der Waals surface area contributed by atoms with Crippen molar-refractivity contribution in [2.24, 2.45) is 0 Å². The molecule has 8 heteroatoms. The fourth-order valence-corrected chi connectivity index (χ4v) is 2.39. The third kappa shape index (κ3) is 8.69. The van der Waals surface area contributed by atoms with E-state index in [1.54, 1.807) is 30.3 Å². The first-order chi connectivity index (χ1) is 12.3. The third-order valence-electron chi connectivity index (χ3n) is 3.52. The van der Waals surface area contributed by atoms with Gasteiger partial charge in [0.1, 0.15) is 0 Å². The van der Waals surface area contributed by atoms with E-state index in [0.29, 0.717) is 5.56 Å². The van der Waals surface area contributed by atoms with Gasteiger partial charge in [-0.3, -0.25) is 4.98 Å². The van der Waals surface area contributed by atoms with Gasteiger partial charge in [-0.15, -0.1) is 0 Å². The normalized spacial score (nSPS) is 8.21. The second kappa shape index (κ2) is 16.6. The summed E-state index contributed by atoms with van der Waals surface area (Å²) in [5, 5.41) is 19.1. The summed E-state index contributed by atoms with van der Waals surface area (Å²) in [6, 6.07) is 24.9. The van der Waals surface area contributed by atoms with Gasteiger partial charge in [0.15, 0.2) is 0 Å². The molecule has 29 heavy (non-hydrogen) atoms. The molecule has 0 aliphatic carbocycles. The van der Waals surface area contributed by atoms with E-state index in [-0.39, 0.29) is 45.8 Å². The number of aromatic carboxylic acids is 1. The summed E-state index contributed by atoms with van der Waals surface area (Å²) < 4.78 is 0. The molecule has 0 aliphatic rings. The SMILES string of the molecule is CO.N.N.O=C(O)c1ccccc1.[Cl-].[Pt+4].c1ccc2c(c1)cnc1ccccc12. The van der Waals surface area contributed by atoms with E-state index in [1.807, 2.05) is 24.4 Å². The van der Waals surface area contributed by atoms with Crippen molar-refractivity contribution in [2.45, 2.75) is 0 Å². The predicted molar refractivity (Wildman–Crippen MR) is 111 cm³/mol. The van der Waals surface area contributed by atoms with Crippen LogP contribution in [-0.2, 0) is 21.1 Å². The van der Waals surface area contributed by atoms with Gasteiger partial charge in [0, 0.05) is 24.1 Å². The smallest absolute Gasteiger partial charge is 1.00 e. The van der Waals surface area contributed by atoms with Crippen molar-refractivity contribution in [1.29, 1.82) is 0 Å². The molecule has 4 rings (SSSR count). The van der Waals surface area contributed by atoms with E-state index in [2.05, 4.69) is 35.3 Å². The number of fused-ring (bicyclic) bond motifs is 3. The standard InChI is InChI=1S/C13H9N.C7H6O2.CH4O.ClH.2H3N.Pt/c1-2-6-11-10(5-1)9-14-13-8-4-3-7-12(11)13;8-7(9)6-4-2-1-3-5-6;1-2;;;;/h1-9H;1-5H,(H,8,9);2H,1H3;1H;2*1H3;/q;;;;;;+4/p-1. The van der Waals surface area contributed by atoms with Crippen LogP contribution in [0.15, 0.2) is 85.1 Å². The Kier molecular flexibility index (Phi) is 17.9. The number of benzene rings is 3. The number of aliphatic hydroxyl groups excluding tert-OH is 1. The van der Waals surface area contributed by atoms with Crippen LogP contribution in [0.5, 0.6) is 0 Å². The number of rotatable bonds is 1. The molecule has 0 unspecified atom stereocenters. The van der Waals surface area contributed by atoms with Gasteiger partial charge in [0.2, 0.25) is 0 Å². The molecule has 0 atom stereocenters. The van der Waals surface area contributed by atoms with Gasteiger partial charge in [0.25, 0.3) is 0 Å². The fraction of sp³-hybridized carbons (Fsp3) is 0.0476. The number of carbonyl (C=O) groups is 1. The van der Waals surface area contributed by atoms with Gasteiger partial charge >= 0.3 is 27.0 Å². The number of halogens is 1. The van der Waals surface area contributed by atoms with Crippen LogP contribution in [0.3, 0.4) is 0 Å². The molecule has 1 aromatic heterocycles. The fourth-order valence-electron chi connectivity index (χ4n) is 2.39. The van der Waals surface area contributed by atoms with E-state index in [1.165, 1.54) is 16.2 Å². The Morgan fingerprint density at radius 1 is 0.759 bits per heavy atom. The first kappa shape index (κ1) is 31.4. The van der Waals surface area contributed by atoms with E-state index in [9.17, 15) is 4.79 Å². The topological polar surface area (TPSA) is 140 Å². The summed E-state index contributed by atoms with van der Waals surface area (Å²) in [6.45, 7) is 0. The van der Waals surface area contributed by atoms with E-state index < -0.39 is 5.97 Å². The number of aliphatic hydroxyl groups is 1. The van der Waals surface area contributed by atoms with Gasteiger partial charge in [-0.25, -0.2) is 4.79 Å². The van der Waals surface area contributed by atoms with E-state index >= 15 is 0 Å². The van der Waals surface area contributed by atoms with Gasteiger partial charge < -0.3 is 34.9 Å². The molecule has 0 fully saturated rings. The summed E-state index contributed by atoms with van der Waals surface area (Å²) >= 11 is 0. The minimum Gasteiger partial charge on any atom is -1.00 e. The van der Waals surface area contributed by atoms with Crippen molar-refractivity contribution in [2.75, 3.05) is 7.11 Å². The zero-order valence-corrected chi connectivity index (χ0v) is 19.0. The number of carboxylic acid groups (broad SMARTS) is 1. The molecule has 0 saturated heterocycles. The average molecular weight is 598 g/mol. The minimum absolute atomic E-state index is 0. The zero-order chi connectivity index (χ0) is 18.1. The van der Waals surface area contributed by atoms with Gasteiger partial charge in [0.05, 0.1) is 11.1 Å². The third-order valence-corrected chi connectivity index (χ3v) is 3.52. The van der Waals surface area contributed by atoms with Crippen LogP contribution >= 0.6 is 0 Å². The Balaban J connectivity index is -0.000000404. The molecular formula is C21H25ClN3O3Pt+3.